The van der Waals surface area contributed by atoms with Gasteiger partial charge in [0, 0.05) is 31.6 Å². The van der Waals surface area contributed by atoms with Crippen LogP contribution in [0.4, 0.5) is 5.95 Å². The monoisotopic (exact) mass is 320 g/mol. The standard InChI is InChI=1S/C11H19N3O4PS/c1-19(15)7-5-14(6-8-19)11-12-4-3-10(13-11)9-18-20(2,16)17/h3-4,15H,5-9H2,1-2H3. The minimum atomic E-state index is -3.48. The van der Waals surface area contributed by atoms with E-state index in [9.17, 15) is 13.3 Å². The number of hydrogen-bond donors (Lipinski definition) is 1. The van der Waals surface area contributed by atoms with E-state index in [4.69, 9.17) is 4.18 Å². The van der Waals surface area contributed by atoms with Crippen LogP contribution in [0.3, 0.4) is 0 Å². The highest BCUT2D eigenvalue weighted by atomic mass is 32.2. The Balaban J connectivity index is 2.03. The molecule has 1 radical (unpaired) electrons. The third-order valence-corrected chi connectivity index (χ3v) is 5.98. The summed E-state index contributed by atoms with van der Waals surface area (Å²) in [6.07, 6.45) is 4.12. The van der Waals surface area contributed by atoms with E-state index in [1.807, 2.05) is 11.6 Å². The Labute approximate surface area is 119 Å². The molecule has 1 aromatic heterocycles. The molecule has 0 aliphatic carbocycles. The van der Waals surface area contributed by atoms with E-state index < -0.39 is 17.6 Å². The van der Waals surface area contributed by atoms with E-state index in [1.165, 1.54) is 0 Å². The Morgan fingerprint density at radius 3 is 2.70 bits per heavy atom. The van der Waals surface area contributed by atoms with E-state index in [-0.39, 0.29) is 6.61 Å². The maximum atomic E-state index is 11.0. The molecule has 0 unspecified atom stereocenters. The molecule has 1 N–H and O–H groups in total. The summed E-state index contributed by atoms with van der Waals surface area (Å²) in [4.78, 5) is 20.5. The molecule has 0 atom stereocenters. The van der Waals surface area contributed by atoms with Gasteiger partial charge in [-0.05, 0) is 20.2 Å². The summed E-state index contributed by atoms with van der Waals surface area (Å²) in [5, 5.41) is 0. The van der Waals surface area contributed by atoms with E-state index in [0.717, 1.165) is 31.7 Å². The molecular weight excluding hydrogens is 301 g/mol. The number of rotatable bonds is 4. The predicted octanol–water partition coefficient (Wildman–Crippen LogP) is 0.327. The van der Waals surface area contributed by atoms with Gasteiger partial charge in [0.1, 0.15) is 6.61 Å². The van der Waals surface area contributed by atoms with Crippen molar-refractivity contribution in [2.24, 2.45) is 0 Å². The maximum absolute atomic E-state index is 11.0. The highest BCUT2D eigenvalue weighted by Gasteiger charge is 2.26. The smallest absolute Gasteiger partial charge is 0.264 e. The molecule has 1 saturated heterocycles. The highest BCUT2D eigenvalue weighted by molar-refractivity contribution is 7.85. The molecule has 20 heavy (non-hydrogen) atoms. The third kappa shape index (κ3) is 4.63. The summed E-state index contributed by atoms with van der Waals surface area (Å²) in [6.45, 7) is 3.28. The lowest BCUT2D eigenvalue weighted by Gasteiger charge is -2.37. The van der Waals surface area contributed by atoms with Crippen molar-refractivity contribution >= 4 is 23.6 Å². The largest absolute Gasteiger partial charge is 0.380 e. The molecule has 0 spiro atoms. The lowest BCUT2D eigenvalue weighted by molar-refractivity contribution is 0.307. The van der Waals surface area contributed by atoms with Crippen molar-refractivity contribution < 1.29 is 17.5 Å². The van der Waals surface area contributed by atoms with Crippen molar-refractivity contribution in [3.05, 3.63) is 18.0 Å². The summed E-state index contributed by atoms with van der Waals surface area (Å²) < 4.78 is 26.6. The summed E-state index contributed by atoms with van der Waals surface area (Å²) in [7, 11) is -5.22. The first kappa shape index (κ1) is 15.6. The zero-order chi connectivity index (χ0) is 14.8. The molecule has 1 fully saturated rings. The molecule has 9 heteroatoms. The molecule has 113 valence electrons. The van der Waals surface area contributed by atoms with Gasteiger partial charge in [-0.25, -0.2) is 9.97 Å². The van der Waals surface area contributed by atoms with Gasteiger partial charge in [-0.1, -0.05) is 0 Å². The van der Waals surface area contributed by atoms with Gasteiger partial charge in [-0.15, -0.1) is 0 Å². The van der Waals surface area contributed by atoms with Crippen molar-refractivity contribution in [2.45, 2.75) is 6.61 Å². The Kier molecular flexibility index (Phi) is 4.59. The first-order valence-corrected chi connectivity index (χ1v) is 10.6. The Bertz CT molecular complexity index is 569. The van der Waals surface area contributed by atoms with Crippen LogP contribution in [0.15, 0.2) is 12.3 Å². The second-order valence-corrected chi connectivity index (χ2v) is 10.3. The van der Waals surface area contributed by atoms with Crippen LogP contribution in [0, 0.1) is 0 Å². The highest BCUT2D eigenvalue weighted by Crippen LogP contribution is 2.51. The van der Waals surface area contributed by atoms with Crippen LogP contribution in [0.1, 0.15) is 5.69 Å². The number of anilines is 1. The van der Waals surface area contributed by atoms with Gasteiger partial charge in [0.05, 0.1) is 11.9 Å². The lowest BCUT2D eigenvalue weighted by Crippen LogP contribution is -2.37. The van der Waals surface area contributed by atoms with Crippen LogP contribution < -0.4 is 4.90 Å². The quantitative estimate of drug-likeness (QED) is 0.631. The fraction of sp³-hybridized carbons (Fsp3) is 0.636. The second kappa shape index (κ2) is 5.89. The second-order valence-electron chi connectivity index (χ2n) is 5.09. The fourth-order valence-electron chi connectivity index (χ4n) is 1.88. The van der Waals surface area contributed by atoms with Crippen molar-refractivity contribution in [1.29, 1.82) is 0 Å². The zero-order valence-electron chi connectivity index (χ0n) is 11.6. The Hall–Kier alpha value is -0.820. The van der Waals surface area contributed by atoms with Crippen LogP contribution in [-0.4, -0.2) is 61.6 Å². The topological polar surface area (TPSA) is 92.6 Å². The van der Waals surface area contributed by atoms with Gasteiger partial charge in [-0.2, -0.15) is 8.42 Å². The fourth-order valence-corrected chi connectivity index (χ4v) is 3.78. The molecule has 0 aromatic carbocycles. The molecule has 2 rings (SSSR count). The average molecular weight is 320 g/mol. The maximum Gasteiger partial charge on any atom is 0.264 e. The molecule has 0 amide bonds. The van der Waals surface area contributed by atoms with Gasteiger partial charge in [-0.3, -0.25) is 4.18 Å². The van der Waals surface area contributed by atoms with E-state index in [1.54, 1.807) is 12.3 Å². The minimum Gasteiger partial charge on any atom is -0.380 e. The van der Waals surface area contributed by atoms with Gasteiger partial charge in [0.25, 0.3) is 10.1 Å². The van der Waals surface area contributed by atoms with Crippen molar-refractivity contribution in [2.75, 3.05) is 43.2 Å². The normalized spacial score (nSPS) is 19.1. The molecule has 1 aliphatic heterocycles. The molecule has 1 aliphatic rings. The lowest BCUT2D eigenvalue weighted by atomic mass is 10.4. The van der Waals surface area contributed by atoms with Crippen LogP contribution >= 0.6 is 7.49 Å². The number of aromatic nitrogens is 2. The molecular formula is C11H19N3O4PS. The third-order valence-electron chi connectivity index (χ3n) is 3.11. The van der Waals surface area contributed by atoms with E-state index in [0.29, 0.717) is 11.6 Å². The predicted molar refractivity (Wildman–Crippen MR) is 78.7 cm³/mol. The van der Waals surface area contributed by atoms with Gasteiger partial charge >= 0.3 is 0 Å². The van der Waals surface area contributed by atoms with Crippen LogP contribution in [-0.2, 0) is 20.9 Å². The molecule has 2 heterocycles. The first-order chi connectivity index (χ1) is 9.25. The van der Waals surface area contributed by atoms with Crippen LogP contribution in [0.5, 0.6) is 0 Å². The summed E-state index contributed by atoms with van der Waals surface area (Å²) in [5.74, 6) is 0.555. The van der Waals surface area contributed by atoms with Gasteiger partial charge < -0.3 is 9.79 Å². The first-order valence-electron chi connectivity index (χ1n) is 6.24. The van der Waals surface area contributed by atoms with E-state index >= 15 is 0 Å². The van der Waals surface area contributed by atoms with Gasteiger partial charge in [0.15, 0.2) is 0 Å². The van der Waals surface area contributed by atoms with Crippen molar-refractivity contribution in [3.63, 3.8) is 0 Å². The summed E-state index contributed by atoms with van der Waals surface area (Å²) in [6, 6.07) is 1.63. The van der Waals surface area contributed by atoms with E-state index in [2.05, 4.69) is 9.97 Å². The Morgan fingerprint density at radius 1 is 1.45 bits per heavy atom. The SMILES string of the molecule is C[P]1(O)CCN(c2nccc(COS(C)(=O)=O)n2)CC1. The minimum absolute atomic E-state index is 0.0904. The number of nitrogens with zero attached hydrogens (tertiary/aromatic N) is 3. The van der Waals surface area contributed by atoms with Crippen LogP contribution in [0.2, 0.25) is 0 Å². The molecule has 0 saturated carbocycles. The molecule has 0 bridgehead atoms. The molecule has 1 aromatic rings. The average Bonchev–Trinajstić information content (AvgIpc) is 2.36. The summed E-state index contributed by atoms with van der Waals surface area (Å²) in [5.41, 5.74) is 0.521. The van der Waals surface area contributed by atoms with Crippen molar-refractivity contribution in [3.8, 4) is 0 Å². The van der Waals surface area contributed by atoms with Crippen LogP contribution in [0.25, 0.3) is 0 Å². The van der Waals surface area contributed by atoms with Gasteiger partial charge in [0.2, 0.25) is 5.95 Å². The molecule has 7 nitrogen and oxygen atoms in total. The number of hydrogen-bond acceptors (Lipinski definition) is 7. The Morgan fingerprint density at radius 2 is 2.10 bits per heavy atom. The zero-order valence-corrected chi connectivity index (χ0v) is 13.3. The van der Waals surface area contributed by atoms with Crippen molar-refractivity contribution in [1.82, 2.24) is 9.97 Å². The summed E-state index contributed by atoms with van der Waals surface area (Å²) >= 11 is 0.